The molecule has 2 heterocycles. The van der Waals surface area contributed by atoms with Gasteiger partial charge in [-0.1, -0.05) is 0 Å². The van der Waals surface area contributed by atoms with Crippen molar-refractivity contribution in [1.29, 1.82) is 0 Å². The Bertz CT molecular complexity index is 492. The van der Waals surface area contributed by atoms with Crippen LogP contribution in [-0.2, 0) is 13.0 Å². The highest BCUT2D eigenvalue weighted by Gasteiger charge is 2.10. The Labute approximate surface area is 106 Å². The van der Waals surface area contributed by atoms with Crippen LogP contribution in [0.1, 0.15) is 5.82 Å². The number of rotatable bonds is 5. The number of aromatic nitrogens is 3. The lowest BCUT2D eigenvalue weighted by molar-refractivity contribution is 0.383. The summed E-state index contributed by atoms with van der Waals surface area (Å²) in [5, 5.41) is 0. The highest BCUT2D eigenvalue weighted by molar-refractivity contribution is 6.17. The minimum Gasteiger partial charge on any atom is -0.311 e. The maximum Gasteiger partial charge on any atom is 0.160 e. The van der Waals surface area contributed by atoms with Gasteiger partial charge in [-0.2, -0.15) is 0 Å². The molecule has 5 heteroatoms. The number of halogens is 1. The molecule has 2 rings (SSSR count). The molecule has 0 radical (unpaired) electrons. The predicted molar refractivity (Wildman–Crippen MR) is 70.5 cm³/mol. The lowest BCUT2D eigenvalue weighted by atomic mass is 10.4. The Morgan fingerprint density at radius 2 is 2.24 bits per heavy atom. The maximum absolute atomic E-state index is 5.81. The van der Waals surface area contributed by atoms with Crippen molar-refractivity contribution in [3.63, 3.8) is 0 Å². The summed E-state index contributed by atoms with van der Waals surface area (Å²) in [4.78, 5) is 11.1. The third kappa shape index (κ3) is 2.76. The molecule has 0 saturated heterocycles. The molecule has 4 nitrogen and oxygen atoms in total. The van der Waals surface area contributed by atoms with Gasteiger partial charge < -0.3 is 9.47 Å². The van der Waals surface area contributed by atoms with Crippen molar-refractivity contribution < 1.29 is 0 Å². The molecule has 17 heavy (non-hydrogen) atoms. The van der Waals surface area contributed by atoms with Crippen LogP contribution in [-0.4, -0.2) is 46.0 Å². The lowest BCUT2D eigenvalue weighted by Crippen LogP contribution is -2.19. The molecule has 0 aliphatic heterocycles. The van der Waals surface area contributed by atoms with Crippen LogP contribution in [0.15, 0.2) is 18.3 Å². The van der Waals surface area contributed by atoms with Gasteiger partial charge in [-0.25, -0.2) is 9.97 Å². The summed E-state index contributed by atoms with van der Waals surface area (Å²) in [7, 11) is 4.13. The first kappa shape index (κ1) is 12.3. The van der Waals surface area contributed by atoms with Gasteiger partial charge in [-0.3, -0.25) is 0 Å². The number of pyridine rings is 1. The van der Waals surface area contributed by atoms with Crippen molar-refractivity contribution in [2.45, 2.75) is 13.0 Å². The number of imidazole rings is 1. The van der Waals surface area contributed by atoms with Gasteiger partial charge in [0.05, 0.1) is 0 Å². The molecule has 0 N–H and O–H groups in total. The Hall–Kier alpha value is -1.13. The molecule has 0 bridgehead atoms. The van der Waals surface area contributed by atoms with Gasteiger partial charge in [0.1, 0.15) is 11.3 Å². The number of fused-ring (bicyclic) bond motifs is 1. The van der Waals surface area contributed by atoms with Crippen LogP contribution in [0, 0.1) is 0 Å². The molecular weight excluding hydrogens is 236 g/mol. The van der Waals surface area contributed by atoms with Crippen LogP contribution in [0.4, 0.5) is 0 Å². The fourth-order valence-electron chi connectivity index (χ4n) is 1.82. The second-order valence-corrected chi connectivity index (χ2v) is 4.65. The van der Waals surface area contributed by atoms with Crippen molar-refractivity contribution in [2.75, 3.05) is 26.5 Å². The third-order valence-corrected chi connectivity index (χ3v) is 2.86. The summed E-state index contributed by atoms with van der Waals surface area (Å²) in [5.41, 5.74) is 1.90. The zero-order valence-electron chi connectivity index (χ0n) is 10.2. The number of hydrogen-bond donors (Lipinski definition) is 0. The smallest absolute Gasteiger partial charge is 0.160 e. The fraction of sp³-hybridized carbons (Fsp3) is 0.500. The monoisotopic (exact) mass is 252 g/mol. The molecule has 0 aromatic carbocycles. The van der Waals surface area contributed by atoms with E-state index >= 15 is 0 Å². The largest absolute Gasteiger partial charge is 0.311 e. The van der Waals surface area contributed by atoms with Crippen LogP contribution < -0.4 is 0 Å². The number of aryl methyl sites for hydroxylation is 1. The van der Waals surface area contributed by atoms with E-state index in [2.05, 4.69) is 33.5 Å². The van der Waals surface area contributed by atoms with Crippen molar-refractivity contribution >= 4 is 22.8 Å². The zero-order chi connectivity index (χ0) is 12.3. The number of likely N-dealkylation sites (N-methyl/N-ethyl adjacent to an activating group) is 1. The van der Waals surface area contributed by atoms with Gasteiger partial charge in [0, 0.05) is 31.6 Å². The quantitative estimate of drug-likeness (QED) is 0.761. The van der Waals surface area contributed by atoms with E-state index in [1.807, 2.05) is 12.1 Å². The van der Waals surface area contributed by atoms with Crippen LogP contribution in [0.5, 0.6) is 0 Å². The zero-order valence-corrected chi connectivity index (χ0v) is 11.0. The van der Waals surface area contributed by atoms with Gasteiger partial charge in [0.15, 0.2) is 5.65 Å². The minimum atomic E-state index is 0.589. The molecule has 92 valence electrons. The lowest BCUT2D eigenvalue weighted by Gasteiger charge is -2.12. The van der Waals surface area contributed by atoms with E-state index in [1.54, 1.807) is 6.20 Å². The van der Waals surface area contributed by atoms with E-state index < -0.39 is 0 Å². The van der Waals surface area contributed by atoms with E-state index in [0.29, 0.717) is 5.88 Å². The molecule has 0 unspecified atom stereocenters. The minimum absolute atomic E-state index is 0.589. The maximum atomic E-state index is 5.81. The first-order valence-corrected chi connectivity index (χ1v) is 6.26. The first-order valence-electron chi connectivity index (χ1n) is 5.73. The normalized spacial score (nSPS) is 11.5. The molecule has 2 aromatic rings. The fourth-order valence-corrected chi connectivity index (χ4v) is 1.98. The summed E-state index contributed by atoms with van der Waals surface area (Å²) < 4.78 is 2.16. The van der Waals surface area contributed by atoms with Gasteiger partial charge in [0.2, 0.25) is 0 Å². The summed E-state index contributed by atoms with van der Waals surface area (Å²) >= 11 is 5.81. The SMILES string of the molecule is CN(C)CCn1c(CCCl)nc2cccnc21. The molecule has 2 aromatic heterocycles. The average Bonchev–Trinajstić information content (AvgIpc) is 2.64. The Morgan fingerprint density at radius 3 is 2.94 bits per heavy atom. The van der Waals surface area contributed by atoms with E-state index in [4.69, 9.17) is 11.6 Å². The standard InChI is InChI=1S/C12H17ClN4/c1-16(2)8-9-17-11(5-6-13)15-10-4-3-7-14-12(10)17/h3-4,7H,5-6,8-9H2,1-2H3. The van der Waals surface area contributed by atoms with Crippen LogP contribution >= 0.6 is 11.6 Å². The van der Waals surface area contributed by atoms with Gasteiger partial charge in [-0.15, -0.1) is 11.6 Å². The number of hydrogen-bond acceptors (Lipinski definition) is 3. The van der Waals surface area contributed by atoms with E-state index in [9.17, 15) is 0 Å². The molecular formula is C12H17ClN4. The van der Waals surface area contributed by atoms with Crippen molar-refractivity contribution in [2.24, 2.45) is 0 Å². The highest BCUT2D eigenvalue weighted by atomic mass is 35.5. The average molecular weight is 253 g/mol. The van der Waals surface area contributed by atoms with Gasteiger partial charge in [-0.05, 0) is 26.2 Å². The molecule has 0 amide bonds. The van der Waals surface area contributed by atoms with E-state index in [0.717, 1.165) is 36.5 Å². The number of alkyl halides is 1. The molecule has 0 spiro atoms. The molecule has 0 aliphatic carbocycles. The summed E-state index contributed by atoms with van der Waals surface area (Å²) in [5.74, 6) is 1.61. The number of nitrogens with zero attached hydrogens (tertiary/aromatic N) is 4. The van der Waals surface area contributed by atoms with Gasteiger partial charge in [0.25, 0.3) is 0 Å². The van der Waals surface area contributed by atoms with Gasteiger partial charge >= 0.3 is 0 Å². The van der Waals surface area contributed by atoms with Crippen LogP contribution in [0.2, 0.25) is 0 Å². The molecule has 0 atom stereocenters. The predicted octanol–water partition coefficient (Wildman–Crippen LogP) is 1.77. The topological polar surface area (TPSA) is 34.0 Å². The summed E-state index contributed by atoms with van der Waals surface area (Å²) in [6.07, 6.45) is 2.59. The van der Waals surface area contributed by atoms with E-state index in [-0.39, 0.29) is 0 Å². The van der Waals surface area contributed by atoms with Crippen molar-refractivity contribution in [1.82, 2.24) is 19.4 Å². The van der Waals surface area contributed by atoms with Crippen molar-refractivity contribution in [3.05, 3.63) is 24.2 Å². The molecule has 0 saturated carbocycles. The third-order valence-electron chi connectivity index (χ3n) is 2.67. The Balaban J connectivity index is 2.37. The van der Waals surface area contributed by atoms with Crippen molar-refractivity contribution in [3.8, 4) is 0 Å². The second kappa shape index (κ2) is 5.47. The molecule has 0 aliphatic rings. The van der Waals surface area contributed by atoms with Crippen LogP contribution in [0.3, 0.4) is 0 Å². The Kier molecular flexibility index (Phi) is 3.97. The summed E-state index contributed by atoms with van der Waals surface area (Å²) in [6, 6.07) is 3.91. The Morgan fingerprint density at radius 1 is 1.41 bits per heavy atom. The second-order valence-electron chi connectivity index (χ2n) is 4.27. The highest BCUT2D eigenvalue weighted by Crippen LogP contribution is 2.14. The molecule has 0 fully saturated rings. The summed E-state index contributed by atoms with van der Waals surface area (Å²) in [6.45, 7) is 1.87. The van der Waals surface area contributed by atoms with E-state index in [1.165, 1.54) is 0 Å². The first-order chi connectivity index (χ1) is 8.22. The van der Waals surface area contributed by atoms with Crippen LogP contribution in [0.25, 0.3) is 11.2 Å².